The number of sulfonamides is 1. The number of benzene rings is 2. The molecule has 8 nitrogen and oxygen atoms in total. The number of rotatable bonds is 6. The molecule has 144 valence electrons. The van der Waals surface area contributed by atoms with Crippen molar-refractivity contribution < 1.29 is 22.4 Å². The molecule has 28 heavy (non-hydrogen) atoms. The molecule has 0 unspecified atom stereocenters. The number of nitrogens with one attached hydrogen (secondary N) is 3. The van der Waals surface area contributed by atoms with Crippen LogP contribution in [-0.2, 0) is 16.6 Å². The average Bonchev–Trinajstić information content (AvgIpc) is 3.25. The maximum atomic E-state index is 12.3. The number of amides is 2. The number of hydrogen-bond acceptors (Lipinski definition) is 5. The summed E-state index contributed by atoms with van der Waals surface area (Å²) in [5, 5.41) is 0. The van der Waals surface area contributed by atoms with Gasteiger partial charge in [-0.15, -0.1) is 0 Å². The van der Waals surface area contributed by atoms with Crippen LogP contribution < -0.4 is 15.6 Å². The highest BCUT2D eigenvalue weighted by atomic mass is 32.2. The topological polar surface area (TPSA) is 118 Å². The van der Waals surface area contributed by atoms with Gasteiger partial charge in [-0.3, -0.25) is 20.4 Å². The molecule has 0 fully saturated rings. The Morgan fingerprint density at radius 1 is 0.786 bits per heavy atom. The van der Waals surface area contributed by atoms with Gasteiger partial charge in [0.15, 0.2) is 0 Å². The van der Waals surface area contributed by atoms with E-state index in [0.717, 1.165) is 0 Å². The van der Waals surface area contributed by atoms with Gasteiger partial charge in [-0.25, -0.2) is 13.1 Å². The van der Waals surface area contributed by atoms with Crippen LogP contribution in [0.1, 0.15) is 26.5 Å². The third-order valence-corrected chi connectivity index (χ3v) is 5.19. The monoisotopic (exact) mass is 399 g/mol. The van der Waals surface area contributed by atoms with Gasteiger partial charge >= 0.3 is 0 Å². The molecule has 0 bridgehead atoms. The summed E-state index contributed by atoms with van der Waals surface area (Å²) >= 11 is 0. The van der Waals surface area contributed by atoms with Crippen LogP contribution in [0.15, 0.2) is 82.3 Å². The second-order valence-corrected chi connectivity index (χ2v) is 7.47. The molecule has 9 heteroatoms. The first-order chi connectivity index (χ1) is 13.5. The van der Waals surface area contributed by atoms with E-state index in [0.29, 0.717) is 11.3 Å². The van der Waals surface area contributed by atoms with Crippen LogP contribution in [0.2, 0.25) is 0 Å². The molecule has 1 aromatic heterocycles. The van der Waals surface area contributed by atoms with Crippen molar-refractivity contribution in [2.45, 2.75) is 11.4 Å². The van der Waals surface area contributed by atoms with Crippen molar-refractivity contribution in [2.75, 3.05) is 0 Å². The smallest absolute Gasteiger partial charge is 0.269 e. The van der Waals surface area contributed by atoms with E-state index < -0.39 is 21.8 Å². The molecule has 2 amide bonds. The number of hydrogen-bond donors (Lipinski definition) is 3. The van der Waals surface area contributed by atoms with Gasteiger partial charge in [-0.05, 0) is 48.5 Å². The van der Waals surface area contributed by atoms with E-state index in [1.54, 1.807) is 42.5 Å². The molecule has 0 spiro atoms. The van der Waals surface area contributed by atoms with Crippen molar-refractivity contribution in [3.8, 4) is 0 Å². The van der Waals surface area contributed by atoms with Crippen LogP contribution in [0.4, 0.5) is 0 Å². The Morgan fingerprint density at radius 3 is 1.96 bits per heavy atom. The predicted octanol–water partition coefficient (Wildman–Crippen LogP) is 1.83. The molecule has 0 aliphatic carbocycles. The highest BCUT2D eigenvalue weighted by Gasteiger charge is 2.16. The van der Waals surface area contributed by atoms with Crippen molar-refractivity contribution in [1.82, 2.24) is 15.6 Å². The molecule has 0 saturated carbocycles. The van der Waals surface area contributed by atoms with Gasteiger partial charge in [-0.1, -0.05) is 18.2 Å². The fraction of sp³-hybridized carbons (Fsp3) is 0.0526. The average molecular weight is 399 g/mol. The molecular formula is C19H17N3O5S. The van der Waals surface area contributed by atoms with Crippen LogP contribution in [0.3, 0.4) is 0 Å². The van der Waals surface area contributed by atoms with Crippen LogP contribution in [0.25, 0.3) is 0 Å². The summed E-state index contributed by atoms with van der Waals surface area (Å²) in [6.07, 6.45) is 1.45. The standard InChI is InChI=1S/C19H17N3O5S/c23-18(14-5-2-1-3-6-14)21-22-19(24)15-8-10-17(11-9-15)28(25,26)20-13-16-7-4-12-27-16/h1-12,20H,13H2,(H,21,23)(H,22,24). The van der Waals surface area contributed by atoms with Crippen LogP contribution >= 0.6 is 0 Å². The Bertz CT molecular complexity index is 1050. The van der Waals surface area contributed by atoms with Gasteiger partial charge in [0.25, 0.3) is 11.8 Å². The highest BCUT2D eigenvalue weighted by Crippen LogP contribution is 2.11. The van der Waals surface area contributed by atoms with Crippen molar-refractivity contribution in [3.63, 3.8) is 0 Å². The zero-order valence-corrected chi connectivity index (χ0v) is 15.4. The van der Waals surface area contributed by atoms with Gasteiger partial charge in [0, 0.05) is 11.1 Å². The van der Waals surface area contributed by atoms with Crippen LogP contribution in [-0.4, -0.2) is 20.2 Å². The Hall–Kier alpha value is -3.43. The molecule has 3 rings (SSSR count). The van der Waals surface area contributed by atoms with Crippen molar-refractivity contribution in [1.29, 1.82) is 0 Å². The lowest BCUT2D eigenvalue weighted by molar-refractivity contribution is 0.0846. The third-order valence-electron chi connectivity index (χ3n) is 3.77. The van der Waals surface area contributed by atoms with E-state index in [-0.39, 0.29) is 17.0 Å². The summed E-state index contributed by atoms with van der Waals surface area (Å²) in [6, 6.07) is 17.0. The predicted molar refractivity (Wildman–Crippen MR) is 101 cm³/mol. The van der Waals surface area contributed by atoms with Gasteiger partial charge < -0.3 is 4.42 Å². The highest BCUT2D eigenvalue weighted by molar-refractivity contribution is 7.89. The lowest BCUT2D eigenvalue weighted by Crippen LogP contribution is -2.41. The van der Waals surface area contributed by atoms with E-state index in [2.05, 4.69) is 15.6 Å². The van der Waals surface area contributed by atoms with E-state index in [1.165, 1.54) is 30.5 Å². The SMILES string of the molecule is O=C(NNC(=O)c1ccc(S(=O)(=O)NCc2ccco2)cc1)c1ccccc1. The minimum absolute atomic E-state index is 0.00364. The van der Waals surface area contributed by atoms with Gasteiger partial charge in [-0.2, -0.15) is 0 Å². The number of furan rings is 1. The first kappa shape index (κ1) is 19.3. The minimum atomic E-state index is -3.75. The number of carbonyl (C=O) groups is 2. The van der Waals surface area contributed by atoms with Gasteiger partial charge in [0.2, 0.25) is 10.0 Å². The normalized spacial score (nSPS) is 11.0. The van der Waals surface area contributed by atoms with Crippen molar-refractivity contribution >= 4 is 21.8 Å². The van der Waals surface area contributed by atoms with Gasteiger partial charge in [0.05, 0.1) is 17.7 Å². The Morgan fingerprint density at radius 2 is 1.39 bits per heavy atom. The summed E-state index contributed by atoms with van der Waals surface area (Å²) in [5.41, 5.74) is 5.17. The van der Waals surface area contributed by atoms with Crippen LogP contribution in [0.5, 0.6) is 0 Å². The first-order valence-corrected chi connectivity index (χ1v) is 9.72. The fourth-order valence-electron chi connectivity index (χ4n) is 2.30. The molecule has 0 aliphatic rings. The Kier molecular flexibility index (Phi) is 5.87. The molecule has 2 aromatic carbocycles. The first-order valence-electron chi connectivity index (χ1n) is 8.23. The van der Waals surface area contributed by atoms with Crippen molar-refractivity contribution in [3.05, 3.63) is 89.9 Å². The molecule has 3 N–H and O–H groups in total. The molecule has 0 aliphatic heterocycles. The number of hydrazine groups is 1. The fourth-order valence-corrected chi connectivity index (χ4v) is 3.29. The lowest BCUT2D eigenvalue weighted by Gasteiger charge is -2.09. The second-order valence-electron chi connectivity index (χ2n) is 5.70. The van der Waals surface area contributed by atoms with E-state index in [4.69, 9.17) is 4.42 Å². The molecule has 0 radical (unpaired) electrons. The summed E-state index contributed by atoms with van der Waals surface area (Å²) in [7, 11) is -3.75. The Labute approximate surface area is 161 Å². The van der Waals surface area contributed by atoms with E-state index in [9.17, 15) is 18.0 Å². The zero-order valence-electron chi connectivity index (χ0n) is 14.6. The minimum Gasteiger partial charge on any atom is -0.468 e. The Balaban J connectivity index is 1.58. The van der Waals surface area contributed by atoms with Crippen molar-refractivity contribution in [2.24, 2.45) is 0 Å². The molecule has 1 heterocycles. The van der Waals surface area contributed by atoms with E-state index >= 15 is 0 Å². The second kappa shape index (κ2) is 8.51. The van der Waals surface area contributed by atoms with E-state index in [1.807, 2.05) is 0 Å². The maximum Gasteiger partial charge on any atom is 0.269 e. The number of carbonyl (C=O) groups excluding carboxylic acids is 2. The quantitative estimate of drug-likeness (QED) is 0.547. The summed E-state index contributed by atoms with van der Waals surface area (Å²) in [4.78, 5) is 24.0. The lowest BCUT2D eigenvalue weighted by atomic mass is 10.2. The molecular weight excluding hydrogens is 382 g/mol. The molecule has 3 aromatic rings. The molecule has 0 atom stereocenters. The van der Waals surface area contributed by atoms with Crippen LogP contribution in [0, 0.1) is 0 Å². The third kappa shape index (κ3) is 4.84. The van der Waals surface area contributed by atoms with Gasteiger partial charge in [0.1, 0.15) is 5.76 Å². The largest absolute Gasteiger partial charge is 0.468 e. The molecule has 0 saturated heterocycles. The maximum absolute atomic E-state index is 12.3. The summed E-state index contributed by atoms with van der Waals surface area (Å²) in [6.45, 7) is 0.0170. The summed E-state index contributed by atoms with van der Waals surface area (Å²) in [5.74, 6) is -0.555. The summed E-state index contributed by atoms with van der Waals surface area (Å²) < 4.78 is 32.0. The zero-order chi connectivity index (χ0) is 20.0.